The number of furan rings is 1. The van der Waals surface area contributed by atoms with E-state index in [2.05, 4.69) is 6.08 Å². The highest BCUT2D eigenvalue weighted by Gasteiger charge is 2.22. The molecule has 90 valence electrons. The summed E-state index contributed by atoms with van der Waals surface area (Å²) < 4.78 is 5.72. The van der Waals surface area contributed by atoms with Crippen LogP contribution in [-0.4, -0.2) is 11.1 Å². The molecule has 0 saturated heterocycles. The number of para-hydroxylation sites is 1. The quantitative estimate of drug-likeness (QED) is 0.867. The minimum atomic E-state index is -0.939. The van der Waals surface area contributed by atoms with Crippen molar-refractivity contribution in [1.29, 1.82) is 0 Å². The Hall–Kier alpha value is -2.29. The van der Waals surface area contributed by atoms with E-state index in [1.807, 2.05) is 24.3 Å². The molecule has 1 aromatic heterocycles. The van der Waals surface area contributed by atoms with Gasteiger partial charge in [0.1, 0.15) is 16.9 Å². The first-order chi connectivity index (χ1) is 8.77. The van der Waals surface area contributed by atoms with Gasteiger partial charge in [0, 0.05) is 5.39 Å². The summed E-state index contributed by atoms with van der Waals surface area (Å²) in [5.74, 6) is -0.446. The average molecular weight is 240 g/mol. The van der Waals surface area contributed by atoms with Gasteiger partial charge in [-0.3, -0.25) is 0 Å². The van der Waals surface area contributed by atoms with Crippen molar-refractivity contribution in [3.8, 4) is 0 Å². The molecular formula is C15H12O3. The minimum absolute atomic E-state index is 0.271. The van der Waals surface area contributed by atoms with Gasteiger partial charge in [-0.15, -0.1) is 0 Å². The molecular weight excluding hydrogens is 228 g/mol. The number of hydrogen-bond donors (Lipinski definition) is 1. The summed E-state index contributed by atoms with van der Waals surface area (Å²) in [7, 11) is 0. The molecule has 0 bridgehead atoms. The fourth-order valence-electron chi connectivity index (χ4n) is 2.28. The molecule has 1 aromatic carbocycles. The van der Waals surface area contributed by atoms with E-state index < -0.39 is 5.97 Å². The zero-order chi connectivity index (χ0) is 12.5. The summed E-state index contributed by atoms with van der Waals surface area (Å²) in [6.45, 7) is 0. The van der Waals surface area contributed by atoms with Gasteiger partial charge < -0.3 is 9.52 Å². The summed E-state index contributed by atoms with van der Waals surface area (Å²) >= 11 is 0. The molecule has 3 heteroatoms. The van der Waals surface area contributed by atoms with Crippen LogP contribution in [0.25, 0.3) is 16.5 Å². The molecule has 0 aliphatic heterocycles. The predicted molar refractivity (Wildman–Crippen MR) is 69.5 cm³/mol. The SMILES string of the molecule is O=C(O)c1c(C2=CC=CCC2)oc2ccccc12. The smallest absolute Gasteiger partial charge is 0.340 e. The second kappa shape index (κ2) is 4.18. The van der Waals surface area contributed by atoms with Gasteiger partial charge in [-0.05, 0) is 24.5 Å². The largest absolute Gasteiger partial charge is 0.478 e. The van der Waals surface area contributed by atoms with Gasteiger partial charge >= 0.3 is 5.97 Å². The van der Waals surface area contributed by atoms with Crippen LogP contribution in [0.3, 0.4) is 0 Å². The Bertz CT molecular complexity index is 674. The van der Waals surface area contributed by atoms with Crippen molar-refractivity contribution in [3.05, 3.63) is 53.8 Å². The molecule has 1 heterocycles. The third-order valence-electron chi connectivity index (χ3n) is 3.11. The number of carbonyl (C=O) groups is 1. The van der Waals surface area contributed by atoms with Crippen LogP contribution in [0.1, 0.15) is 29.0 Å². The number of fused-ring (bicyclic) bond motifs is 1. The fraction of sp³-hybridized carbons (Fsp3) is 0.133. The van der Waals surface area contributed by atoms with Crippen LogP contribution < -0.4 is 0 Å². The highest BCUT2D eigenvalue weighted by molar-refractivity contribution is 6.06. The van der Waals surface area contributed by atoms with E-state index in [1.54, 1.807) is 12.1 Å². The molecule has 0 spiro atoms. The zero-order valence-corrected chi connectivity index (χ0v) is 9.72. The Morgan fingerprint density at radius 1 is 1.28 bits per heavy atom. The van der Waals surface area contributed by atoms with Gasteiger partial charge in [0.05, 0.1) is 0 Å². The monoisotopic (exact) mass is 240 g/mol. The van der Waals surface area contributed by atoms with E-state index in [4.69, 9.17) is 4.42 Å². The molecule has 18 heavy (non-hydrogen) atoms. The standard InChI is InChI=1S/C15H12O3/c16-15(17)13-11-8-4-5-9-12(11)18-14(13)10-6-2-1-3-7-10/h1-2,4-6,8-9H,3,7H2,(H,16,17). The van der Waals surface area contributed by atoms with Gasteiger partial charge in [-0.2, -0.15) is 0 Å². The third-order valence-corrected chi connectivity index (χ3v) is 3.11. The Labute approximate surface area is 104 Å². The first kappa shape index (κ1) is 10.8. The van der Waals surface area contributed by atoms with Crippen LogP contribution in [0.2, 0.25) is 0 Å². The molecule has 1 N–H and O–H groups in total. The molecule has 3 rings (SSSR count). The van der Waals surface area contributed by atoms with Crippen LogP contribution in [-0.2, 0) is 0 Å². The van der Waals surface area contributed by atoms with E-state index >= 15 is 0 Å². The molecule has 0 amide bonds. The van der Waals surface area contributed by atoms with E-state index in [0.717, 1.165) is 18.4 Å². The highest BCUT2D eigenvalue weighted by atomic mass is 16.4. The van der Waals surface area contributed by atoms with Crippen molar-refractivity contribution >= 4 is 22.5 Å². The number of aromatic carboxylic acids is 1. The summed E-state index contributed by atoms with van der Waals surface area (Å²) in [5, 5.41) is 10.0. The number of allylic oxidation sites excluding steroid dienone is 4. The number of rotatable bonds is 2. The fourth-order valence-corrected chi connectivity index (χ4v) is 2.28. The summed E-state index contributed by atoms with van der Waals surface area (Å²) in [6.07, 6.45) is 7.66. The van der Waals surface area contributed by atoms with Crippen LogP contribution in [0.15, 0.2) is 46.9 Å². The Morgan fingerprint density at radius 2 is 2.11 bits per heavy atom. The van der Waals surface area contributed by atoms with Gasteiger partial charge in [-0.25, -0.2) is 4.79 Å². The number of benzene rings is 1. The topological polar surface area (TPSA) is 50.4 Å². The summed E-state index contributed by atoms with van der Waals surface area (Å²) in [6, 6.07) is 7.25. The maximum Gasteiger partial charge on any atom is 0.340 e. The van der Waals surface area contributed by atoms with Crippen LogP contribution in [0.5, 0.6) is 0 Å². The first-order valence-electron chi connectivity index (χ1n) is 5.88. The predicted octanol–water partition coefficient (Wildman–Crippen LogP) is 3.86. The highest BCUT2D eigenvalue weighted by Crippen LogP contribution is 2.33. The molecule has 0 unspecified atom stereocenters. The second-order valence-corrected chi connectivity index (χ2v) is 4.27. The molecule has 2 aromatic rings. The minimum Gasteiger partial charge on any atom is -0.478 e. The van der Waals surface area contributed by atoms with Gasteiger partial charge in [-0.1, -0.05) is 36.4 Å². The first-order valence-corrected chi connectivity index (χ1v) is 5.88. The second-order valence-electron chi connectivity index (χ2n) is 4.27. The number of carboxylic acid groups (broad SMARTS) is 1. The zero-order valence-electron chi connectivity index (χ0n) is 9.72. The lowest BCUT2D eigenvalue weighted by molar-refractivity contribution is 0.0697. The number of carboxylic acids is 1. The molecule has 3 nitrogen and oxygen atoms in total. The van der Waals surface area contributed by atoms with Crippen molar-refractivity contribution in [2.45, 2.75) is 12.8 Å². The van der Waals surface area contributed by atoms with Gasteiger partial charge in [0.15, 0.2) is 0 Å². The third kappa shape index (κ3) is 1.64. The van der Waals surface area contributed by atoms with E-state index in [-0.39, 0.29) is 5.56 Å². The van der Waals surface area contributed by atoms with Crippen LogP contribution in [0, 0.1) is 0 Å². The maximum absolute atomic E-state index is 11.4. The van der Waals surface area contributed by atoms with Crippen molar-refractivity contribution in [1.82, 2.24) is 0 Å². The maximum atomic E-state index is 11.4. The van der Waals surface area contributed by atoms with Crippen molar-refractivity contribution < 1.29 is 14.3 Å². The normalized spacial score (nSPS) is 14.8. The van der Waals surface area contributed by atoms with Crippen molar-refractivity contribution in [2.24, 2.45) is 0 Å². The van der Waals surface area contributed by atoms with Crippen molar-refractivity contribution in [2.75, 3.05) is 0 Å². The van der Waals surface area contributed by atoms with Gasteiger partial charge in [0.25, 0.3) is 0 Å². The van der Waals surface area contributed by atoms with Crippen LogP contribution >= 0.6 is 0 Å². The molecule has 1 aliphatic rings. The molecule has 0 saturated carbocycles. The Balaban J connectivity index is 2.28. The molecule has 1 aliphatic carbocycles. The molecule has 0 atom stereocenters. The lowest BCUT2D eigenvalue weighted by Crippen LogP contribution is -2.00. The summed E-state index contributed by atoms with van der Waals surface area (Å²) in [4.78, 5) is 11.4. The van der Waals surface area contributed by atoms with E-state index in [1.165, 1.54) is 0 Å². The lowest BCUT2D eigenvalue weighted by Gasteiger charge is -2.06. The van der Waals surface area contributed by atoms with Crippen molar-refractivity contribution in [3.63, 3.8) is 0 Å². The van der Waals surface area contributed by atoms with E-state index in [0.29, 0.717) is 16.7 Å². The average Bonchev–Trinajstić information content (AvgIpc) is 2.79. The molecule has 0 radical (unpaired) electrons. The molecule has 0 fully saturated rings. The Morgan fingerprint density at radius 3 is 2.83 bits per heavy atom. The Kier molecular flexibility index (Phi) is 2.52. The van der Waals surface area contributed by atoms with Gasteiger partial charge in [0.2, 0.25) is 0 Å². The number of hydrogen-bond acceptors (Lipinski definition) is 2. The lowest BCUT2D eigenvalue weighted by atomic mass is 9.99. The van der Waals surface area contributed by atoms with Crippen LogP contribution in [0.4, 0.5) is 0 Å². The van der Waals surface area contributed by atoms with E-state index in [9.17, 15) is 9.90 Å². The summed E-state index contributed by atoms with van der Waals surface area (Å²) in [5.41, 5.74) is 1.85.